The highest BCUT2D eigenvalue weighted by Crippen LogP contribution is 2.40. The number of rotatable bonds is 1. The SMILES string of the molecule is O=C1CC(c2ccco2)c2cccc(Cl)c2N1. The molecule has 2 aromatic rings. The molecule has 0 spiro atoms. The molecule has 2 heterocycles. The van der Waals surface area contributed by atoms with E-state index in [1.54, 1.807) is 12.3 Å². The first kappa shape index (κ1) is 10.4. The Hall–Kier alpha value is -1.74. The van der Waals surface area contributed by atoms with Gasteiger partial charge in [-0.3, -0.25) is 4.79 Å². The van der Waals surface area contributed by atoms with Crippen molar-refractivity contribution < 1.29 is 9.21 Å². The molecule has 86 valence electrons. The van der Waals surface area contributed by atoms with E-state index in [0.717, 1.165) is 11.3 Å². The summed E-state index contributed by atoms with van der Waals surface area (Å²) in [5.41, 5.74) is 1.71. The molecule has 17 heavy (non-hydrogen) atoms. The number of carbonyl (C=O) groups is 1. The third kappa shape index (κ3) is 1.72. The second-order valence-electron chi connectivity index (χ2n) is 4.02. The highest BCUT2D eigenvalue weighted by atomic mass is 35.5. The van der Waals surface area contributed by atoms with Crippen molar-refractivity contribution in [3.63, 3.8) is 0 Å². The number of hydrogen-bond donors (Lipinski definition) is 1. The first-order valence-corrected chi connectivity index (χ1v) is 5.75. The van der Waals surface area contributed by atoms with Crippen LogP contribution in [0, 0.1) is 0 Å². The first-order chi connectivity index (χ1) is 8.25. The van der Waals surface area contributed by atoms with E-state index in [-0.39, 0.29) is 11.8 Å². The Morgan fingerprint density at radius 1 is 1.29 bits per heavy atom. The third-order valence-electron chi connectivity index (χ3n) is 2.96. The van der Waals surface area contributed by atoms with Crippen LogP contribution in [0.15, 0.2) is 41.0 Å². The normalized spacial score (nSPS) is 18.6. The zero-order chi connectivity index (χ0) is 11.8. The smallest absolute Gasteiger partial charge is 0.225 e. The number of para-hydroxylation sites is 1. The van der Waals surface area contributed by atoms with Gasteiger partial charge in [-0.15, -0.1) is 0 Å². The number of nitrogens with one attached hydrogen (secondary N) is 1. The van der Waals surface area contributed by atoms with Crippen LogP contribution < -0.4 is 5.32 Å². The molecule has 3 nitrogen and oxygen atoms in total. The van der Waals surface area contributed by atoms with E-state index in [9.17, 15) is 4.79 Å². The molecule has 1 aliphatic heterocycles. The molecule has 1 atom stereocenters. The number of carbonyl (C=O) groups excluding carboxylic acids is 1. The molecule has 1 aliphatic rings. The molecule has 0 saturated carbocycles. The second kappa shape index (κ2) is 3.93. The van der Waals surface area contributed by atoms with Crippen molar-refractivity contribution in [1.29, 1.82) is 0 Å². The summed E-state index contributed by atoms with van der Waals surface area (Å²) in [6, 6.07) is 9.33. The fourth-order valence-electron chi connectivity index (χ4n) is 2.19. The van der Waals surface area contributed by atoms with Gasteiger partial charge < -0.3 is 9.73 Å². The van der Waals surface area contributed by atoms with Crippen LogP contribution >= 0.6 is 11.6 Å². The largest absolute Gasteiger partial charge is 0.469 e. The van der Waals surface area contributed by atoms with Gasteiger partial charge in [0.15, 0.2) is 0 Å². The molecular formula is C13H10ClNO2. The van der Waals surface area contributed by atoms with Gasteiger partial charge in [-0.2, -0.15) is 0 Å². The van der Waals surface area contributed by atoms with Gasteiger partial charge in [0.05, 0.1) is 22.9 Å². The minimum atomic E-state index is -0.0487. The number of hydrogen-bond acceptors (Lipinski definition) is 2. The van der Waals surface area contributed by atoms with Crippen molar-refractivity contribution in [2.75, 3.05) is 5.32 Å². The zero-order valence-corrected chi connectivity index (χ0v) is 9.70. The summed E-state index contributed by atoms with van der Waals surface area (Å²) < 4.78 is 5.39. The minimum Gasteiger partial charge on any atom is -0.469 e. The van der Waals surface area contributed by atoms with Crippen LogP contribution in [0.4, 0.5) is 5.69 Å². The summed E-state index contributed by atoms with van der Waals surface area (Å²) in [6.45, 7) is 0. The van der Waals surface area contributed by atoms with Crippen LogP contribution in [0.1, 0.15) is 23.7 Å². The third-order valence-corrected chi connectivity index (χ3v) is 3.28. The molecule has 1 amide bonds. The first-order valence-electron chi connectivity index (χ1n) is 5.37. The molecule has 1 unspecified atom stereocenters. The molecule has 0 radical (unpaired) electrons. The lowest BCUT2D eigenvalue weighted by molar-refractivity contribution is -0.116. The molecule has 1 aromatic heterocycles. The fourth-order valence-corrected chi connectivity index (χ4v) is 2.42. The summed E-state index contributed by atoms with van der Waals surface area (Å²) in [6.07, 6.45) is 2.01. The molecule has 4 heteroatoms. The molecule has 0 fully saturated rings. The van der Waals surface area contributed by atoms with E-state index in [0.29, 0.717) is 17.1 Å². The Morgan fingerprint density at radius 3 is 2.94 bits per heavy atom. The van der Waals surface area contributed by atoms with Gasteiger partial charge in [0, 0.05) is 6.42 Å². The lowest BCUT2D eigenvalue weighted by atomic mass is 9.88. The van der Waals surface area contributed by atoms with Crippen LogP contribution in [-0.4, -0.2) is 5.91 Å². The Bertz CT molecular complexity index is 563. The maximum atomic E-state index is 11.7. The summed E-state index contributed by atoms with van der Waals surface area (Å²) in [7, 11) is 0. The van der Waals surface area contributed by atoms with Crippen molar-refractivity contribution in [3.8, 4) is 0 Å². The lowest BCUT2D eigenvalue weighted by Crippen LogP contribution is -2.23. The highest BCUT2D eigenvalue weighted by molar-refractivity contribution is 6.34. The monoisotopic (exact) mass is 247 g/mol. The Kier molecular flexibility index (Phi) is 2.41. The number of fused-ring (bicyclic) bond motifs is 1. The standard InChI is InChI=1S/C13H10ClNO2/c14-10-4-1-3-8-9(11-5-2-6-17-11)7-12(16)15-13(8)10/h1-6,9H,7H2,(H,15,16). The van der Waals surface area contributed by atoms with Crippen molar-refractivity contribution in [2.45, 2.75) is 12.3 Å². The van der Waals surface area contributed by atoms with E-state index < -0.39 is 0 Å². The molecule has 1 N–H and O–H groups in total. The van der Waals surface area contributed by atoms with Crippen LogP contribution in [-0.2, 0) is 4.79 Å². The van der Waals surface area contributed by atoms with Crippen LogP contribution in [0.25, 0.3) is 0 Å². The number of anilines is 1. The zero-order valence-electron chi connectivity index (χ0n) is 8.94. The van der Waals surface area contributed by atoms with Gasteiger partial charge in [0.25, 0.3) is 0 Å². The summed E-state index contributed by atoms with van der Waals surface area (Å²) in [5.74, 6) is 0.711. The predicted molar refractivity (Wildman–Crippen MR) is 65.2 cm³/mol. The molecule has 0 bridgehead atoms. The number of amides is 1. The van der Waals surface area contributed by atoms with Gasteiger partial charge in [0.1, 0.15) is 5.76 Å². The van der Waals surface area contributed by atoms with Crippen molar-refractivity contribution >= 4 is 23.2 Å². The van der Waals surface area contributed by atoms with E-state index in [1.807, 2.05) is 24.3 Å². The predicted octanol–water partition coefficient (Wildman–Crippen LogP) is 3.41. The molecule has 0 saturated heterocycles. The second-order valence-corrected chi connectivity index (χ2v) is 4.43. The molecular weight excluding hydrogens is 238 g/mol. The Balaban J connectivity index is 2.15. The Labute approximate surface area is 103 Å². The van der Waals surface area contributed by atoms with Crippen LogP contribution in [0.3, 0.4) is 0 Å². The molecule has 1 aromatic carbocycles. The lowest BCUT2D eigenvalue weighted by Gasteiger charge is -2.24. The van der Waals surface area contributed by atoms with Crippen molar-refractivity contribution in [2.24, 2.45) is 0 Å². The van der Waals surface area contributed by atoms with Gasteiger partial charge in [-0.25, -0.2) is 0 Å². The van der Waals surface area contributed by atoms with Crippen molar-refractivity contribution in [1.82, 2.24) is 0 Å². The maximum Gasteiger partial charge on any atom is 0.225 e. The average molecular weight is 248 g/mol. The number of halogens is 1. The topological polar surface area (TPSA) is 42.2 Å². The van der Waals surface area contributed by atoms with Crippen LogP contribution in [0.5, 0.6) is 0 Å². The van der Waals surface area contributed by atoms with Crippen molar-refractivity contribution in [3.05, 3.63) is 52.9 Å². The number of furan rings is 1. The van der Waals surface area contributed by atoms with E-state index in [4.69, 9.17) is 16.0 Å². The van der Waals surface area contributed by atoms with E-state index >= 15 is 0 Å². The van der Waals surface area contributed by atoms with Gasteiger partial charge >= 0.3 is 0 Å². The van der Waals surface area contributed by atoms with Gasteiger partial charge in [-0.1, -0.05) is 23.7 Å². The Morgan fingerprint density at radius 2 is 2.18 bits per heavy atom. The fraction of sp³-hybridized carbons (Fsp3) is 0.154. The van der Waals surface area contributed by atoms with Gasteiger partial charge in [0.2, 0.25) is 5.91 Å². The summed E-state index contributed by atoms with van der Waals surface area (Å²) in [4.78, 5) is 11.7. The minimum absolute atomic E-state index is 0.0352. The van der Waals surface area contributed by atoms with Crippen LogP contribution in [0.2, 0.25) is 5.02 Å². The number of benzene rings is 1. The van der Waals surface area contributed by atoms with E-state index in [2.05, 4.69) is 5.32 Å². The maximum absolute atomic E-state index is 11.7. The summed E-state index contributed by atoms with van der Waals surface area (Å²) in [5, 5.41) is 3.37. The van der Waals surface area contributed by atoms with E-state index in [1.165, 1.54) is 0 Å². The highest BCUT2D eigenvalue weighted by Gasteiger charge is 2.29. The molecule has 0 aliphatic carbocycles. The quantitative estimate of drug-likeness (QED) is 0.839. The average Bonchev–Trinajstić information content (AvgIpc) is 2.83. The van der Waals surface area contributed by atoms with Gasteiger partial charge in [-0.05, 0) is 23.8 Å². The summed E-state index contributed by atoms with van der Waals surface area (Å²) >= 11 is 6.09. The molecule has 3 rings (SSSR count).